The minimum atomic E-state index is -0.835. The largest absolute Gasteiger partial charge is 0.481 e. The van der Waals surface area contributed by atoms with Gasteiger partial charge >= 0.3 is 5.97 Å². The Morgan fingerprint density at radius 2 is 2.12 bits per heavy atom. The van der Waals surface area contributed by atoms with E-state index in [1.807, 2.05) is 13.8 Å². The number of carboxylic acid groups (broad SMARTS) is 1. The van der Waals surface area contributed by atoms with Gasteiger partial charge in [-0.15, -0.1) is 0 Å². The standard InChI is InChI=1S/C12H14ClFO2/c1-12(2,7-11(15)16)6-8-3-4-10(14)9(13)5-8/h3-5H,6-7H2,1-2H3,(H,15,16). The Labute approximate surface area is 99.0 Å². The highest BCUT2D eigenvalue weighted by Gasteiger charge is 2.22. The number of halogens is 2. The summed E-state index contributed by atoms with van der Waals surface area (Å²) in [7, 11) is 0. The van der Waals surface area contributed by atoms with Gasteiger partial charge in [-0.3, -0.25) is 4.79 Å². The van der Waals surface area contributed by atoms with E-state index in [4.69, 9.17) is 16.7 Å². The number of carboxylic acids is 1. The van der Waals surface area contributed by atoms with Crippen LogP contribution in [-0.4, -0.2) is 11.1 Å². The molecule has 16 heavy (non-hydrogen) atoms. The van der Waals surface area contributed by atoms with Gasteiger partial charge < -0.3 is 5.11 Å². The van der Waals surface area contributed by atoms with Gasteiger partial charge in [0.2, 0.25) is 0 Å². The summed E-state index contributed by atoms with van der Waals surface area (Å²) in [4.78, 5) is 10.6. The van der Waals surface area contributed by atoms with E-state index in [0.29, 0.717) is 6.42 Å². The van der Waals surface area contributed by atoms with Crippen LogP contribution >= 0.6 is 11.6 Å². The number of carbonyl (C=O) groups is 1. The number of aliphatic carboxylic acids is 1. The molecule has 0 amide bonds. The second kappa shape index (κ2) is 4.83. The first-order chi connectivity index (χ1) is 7.30. The summed E-state index contributed by atoms with van der Waals surface area (Å²) in [5, 5.41) is 8.81. The Morgan fingerprint density at radius 3 is 2.62 bits per heavy atom. The molecule has 0 bridgehead atoms. The van der Waals surface area contributed by atoms with Crippen molar-refractivity contribution in [3.8, 4) is 0 Å². The van der Waals surface area contributed by atoms with Gasteiger partial charge in [0.1, 0.15) is 5.82 Å². The number of hydrogen-bond acceptors (Lipinski definition) is 1. The van der Waals surface area contributed by atoms with Crippen LogP contribution in [0.3, 0.4) is 0 Å². The fourth-order valence-corrected chi connectivity index (χ4v) is 1.88. The summed E-state index contributed by atoms with van der Waals surface area (Å²) in [6, 6.07) is 4.47. The van der Waals surface area contributed by atoms with Crippen LogP contribution in [0.25, 0.3) is 0 Å². The summed E-state index contributed by atoms with van der Waals surface area (Å²) in [6.07, 6.45) is 0.626. The monoisotopic (exact) mass is 244 g/mol. The van der Waals surface area contributed by atoms with Crippen LogP contribution in [0.1, 0.15) is 25.8 Å². The molecular weight excluding hydrogens is 231 g/mol. The molecule has 0 saturated carbocycles. The topological polar surface area (TPSA) is 37.3 Å². The van der Waals surface area contributed by atoms with Crippen LogP contribution in [0, 0.1) is 11.2 Å². The lowest BCUT2D eigenvalue weighted by Crippen LogP contribution is -2.19. The van der Waals surface area contributed by atoms with Gasteiger partial charge in [-0.05, 0) is 29.5 Å². The Morgan fingerprint density at radius 1 is 1.50 bits per heavy atom. The molecule has 1 rings (SSSR count). The molecule has 88 valence electrons. The molecule has 0 radical (unpaired) electrons. The predicted molar refractivity (Wildman–Crippen MR) is 61.1 cm³/mol. The minimum Gasteiger partial charge on any atom is -0.481 e. The molecule has 0 aliphatic carbocycles. The first kappa shape index (κ1) is 13.0. The van der Waals surface area contributed by atoms with E-state index in [-0.39, 0.29) is 16.9 Å². The third-order valence-electron chi connectivity index (χ3n) is 2.30. The van der Waals surface area contributed by atoms with Crippen LogP contribution in [-0.2, 0) is 11.2 Å². The van der Waals surface area contributed by atoms with Crippen LogP contribution in [0.15, 0.2) is 18.2 Å². The number of benzene rings is 1. The first-order valence-corrected chi connectivity index (χ1v) is 5.34. The third-order valence-corrected chi connectivity index (χ3v) is 2.59. The Balaban J connectivity index is 2.79. The maximum atomic E-state index is 12.9. The smallest absolute Gasteiger partial charge is 0.303 e. The van der Waals surface area contributed by atoms with Crippen LogP contribution in [0.4, 0.5) is 4.39 Å². The molecule has 2 nitrogen and oxygen atoms in total. The average molecular weight is 245 g/mol. The average Bonchev–Trinajstić information content (AvgIpc) is 2.08. The van der Waals surface area contributed by atoms with E-state index in [0.717, 1.165) is 5.56 Å². The molecular formula is C12H14ClFO2. The van der Waals surface area contributed by atoms with Crippen molar-refractivity contribution in [3.63, 3.8) is 0 Å². The SMILES string of the molecule is CC(C)(CC(=O)O)Cc1ccc(F)c(Cl)c1. The zero-order valence-corrected chi connectivity index (χ0v) is 10.0. The Kier molecular flexibility index (Phi) is 3.92. The third kappa shape index (κ3) is 3.81. The predicted octanol–water partition coefficient (Wildman–Crippen LogP) is 3.52. The molecule has 0 atom stereocenters. The van der Waals surface area contributed by atoms with Crippen molar-refractivity contribution >= 4 is 17.6 Å². The molecule has 0 aromatic heterocycles. The van der Waals surface area contributed by atoms with Gasteiger partial charge in [-0.25, -0.2) is 4.39 Å². The lowest BCUT2D eigenvalue weighted by molar-refractivity contribution is -0.139. The lowest BCUT2D eigenvalue weighted by atomic mass is 9.83. The van der Waals surface area contributed by atoms with Crippen molar-refractivity contribution in [2.24, 2.45) is 5.41 Å². The molecule has 0 unspecified atom stereocenters. The van der Waals surface area contributed by atoms with E-state index in [2.05, 4.69) is 0 Å². The summed E-state index contributed by atoms with van der Waals surface area (Å²) in [6.45, 7) is 3.72. The summed E-state index contributed by atoms with van der Waals surface area (Å²) in [5.74, 6) is -1.29. The van der Waals surface area contributed by atoms with Gasteiger partial charge in [-0.2, -0.15) is 0 Å². The van der Waals surface area contributed by atoms with Crippen molar-refractivity contribution < 1.29 is 14.3 Å². The van der Waals surface area contributed by atoms with Crippen LogP contribution in [0.5, 0.6) is 0 Å². The summed E-state index contributed by atoms with van der Waals surface area (Å²) < 4.78 is 12.9. The van der Waals surface area contributed by atoms with Crippen molar-refractivity contribution in [3.05, 3.63) is 34.6 Å². The second-order valence-corrected chi connectivity index (χ2v) is 5.07. The maximum Gasteiger partial charge on any atom is 0.303 e. The molecule has 0 aliphatic rings. The number of rotatable bonds is 4. The summed E-state index contributed by atoms with van der Waals surface area (Å²) >= 11 is 5.66. The molecule has 0 fully saturated rings. The Hall–Kier alpha value is -1.09. The quantitative estimate of drug-likeness (QED) is 0.880. The van der Waals surface area contributed by atoms with Crippen molar-refractivity contribution in [2.45, 2.75) is 26.7 Å². The van der Waals surface area contributed by atoms with Gasteiger partial charge in [0.05, 0.1) is 11.4 Å². The van der Waals surface area contributed by atoms with E-state index in [1.165, 1.54) is 6.07 Å². The van der Waals surface area contributed by atoms with Crippen molar-refractivity contribution in [1.29, 1.82) is 0 Å². The highest BCUT2D eigenvalue weighted by atomic mass is 35.5. The van der Waals surface area contributed by atoms with Crippen LogP contribution < -0.4 is 0 Å². The van der Waals surface area contributed by atoms with E-state index >= 15 is 0 Å². The molecule has 1 aromatic rings. The summed E-state index contributed by atoms with van der Waals surface area (Å²) in [5.41, 5.74) is 0.477. The van der Waals surface area contributed by atoms with E-state index < -0.39 is 11.8 Å². The fourth-order valence-electron chi connectivity index (χ4n) is 1.67. The highest BCUT2D eigenvalue weighted by Crippen LogP contribution is 2.27. The highest BCUT2D eigenvalue weighted by molar-refractivity contribution is 6.30. The maximum absolute atomic E-state index is 12.9. The molecule has 0 aliphatic heterocycles. The van der Waals surface area contributed by atoms with Crippen molar-refractivity contribution in [2.75, 3.05) is 0 Å². The molecule has 1 N–H and O–H groups in total. The molecule has 4 heteroatoms. The molecule has 1 aromatic carbocycles. The molecule has 0 spiro atoms. The van der Waals surface area contributed by atoms with E-state index in [9.17, 15) is 9.18 Å². The fraction of sp³-hybridized carbons (Fsp3) is 0.417. The lowest BCUT2D eigenvalue weighted by Gasteiger charge is -2.22. The van der Waals surface area contributed by atoms with Gasteiger partial charge in [0.25, 0.3) is 0 Å². The van der Waals surface area contributed by atoms with Crippen LogP contribution in [0.2, 0.25) is 5.02 Å². The first-order valence-electron chi connectivity index (χ1n) is 4.96. The van der Waals surface area contributed by atoms with Gasteiger partial charge in [0.15, 0.2) is 0 Å². The zero-order chi connectivity index (χ0) is 12.3. The normalized spacial score (nSPS) is 11.5. The second-order valence-electron chi connectivity index (χ2n) is 4.66. The molecule has 0 heterocycles. The molecule has 0 saturated heterocycles. The Bertz CT molecular complexity index is 402. The number of hydrogen-bond donors (Lipinski definition) is 1. The zero-order valence-electron chi connectivity index (χ0n) is 9.26. The van der Waals surface area contributed by atoms with Gasteiger partial charge in [-0.1, -0.05) is 31.5 Å². The minimum absolute atomic E-state index is 0.0714. The van der Waals surface area contributed by atoms with E-state index in [1.54, 1.807) is 12.1 Å². The van der Waals surface area contributed by atoms with Gasteiger partial charge in [0, 0.05) is 0 Å². The van der Waals surface area contributed by atoms with Crippen molar-refractivity contribution in [1.82, 2.24) is 0 Å².